The third-order valence-corrected chi connectivity index (χ3v) is 3.84. The molecule has 0 saturated carbocycles. The number of rotatable bonds is 8. The molecule has 0 radical (unpaired) electrons. The van der Waals surface area contributed by atoms with Gasteiger partial charge >= 0.3 is 6.09 Å². The second-order valence-electron chi connectivity index (χ2n) is 9.06. The molecule has 0 fully saturated rings. The van der Waals surface area contributed by atoms with Crippen molar-refractivity contribution in [1.82, 2.24) is 16.1 Å². The van der Waals surface area contributed by atoms with E-state index in [1.165, 1.54) is 12.1 Å². The third-order valence-electron chi connectivity index (χ3n) is 3.84. The number of benzene rings is 1. The number of aromatic hydroxyl groups is 1. The van der Waals surface area contributed by atoms with Crippen LogP contribution in [0, 0.1) is 0 Å². The van der Waals surface area contributed by atoms with E-state index < -0.39 is 41.2 Å². The summed E-state index contributed by atoms with van der Waals surface area (Å²) in [6.45, 7) is 10.4. The van der Waals surface area contributed by atoms with Crippen molar-refractivity contribution in [3.05, 3.63) is 29.8 Å². The van der Waals surface area contributed by atoms with E-state index in [1.54, 1.807) is 32.9 Å². The maximum Gasteiger partial charge on any atom is 0.408 e. The van der Waals surface area contributed by atoms with Gasteiger partial charge in [0.15, 0.2) is 0 Å². The van der Waals surface area contributed by atoms with Crippen molar-refractivity contribution in [2.75, 3.05) is 6.61 Å². The SMILES string of the molecule is CC(C)(C)OC[C@H](NC(=O)OC(C)(C)C)C(=O)N[C@@H](Cc1ccc(O)cc1)C(=O)NN. The van der Waals surface area contributed by atoms with E-state index in [9.17, 15) is 19.5 Å². The normalized spacial score (nSPS) is 13.6. The summed E-state index contributed by atoms with van der Waals surface area (Å²) in [6.07, 6.45) is -0.669. The highest BCUT2D eigenvalue weighted by Crippen LogP contribution is 2.12. The number of nitrogens with one attached hydrogen (secondary N) is 3. The Labute approximate surface area is 182 Å². The van der Waals surface area contributed by atoms with E-state index in [-0.39, 0.29) is 18.8 Å². The van der Waals surface area contributed by atoms with Crippen molar-refractivity contribution < 1.29 is 29.0 Å². The molecule has 1 rings (SSSR count). The number of phenols is 1. The first-order chi connectivity index (χ1) is 14.2. The molecule has 0 unspecified atom stereocenters. The molecule has 1 aromatic rings. The lowest BCUT2D eigenvalue weighted by atomic mass is 10.0. The fraction of sp³-hybridized carbons (Fsp3) is 0.571. The summed E-state index contributed by atoms with van der Waals surface area (Å²) in [5.74, 6) is 4.09. The van der Waals surface area contributed by atoms with Crippen LogP contribution in [0.4, 0.5) is 4.79 Å². The number of hydrogen-bond donors (Lipinski definition) is 5. The lowest BCUT2D eigenvalue weighted by Crippen LogP contribution is -2.57. The molecule has 174 valence electrons. The standard InChI is InChI=1S/C21H34N4O6/c1-20(2,3)30-12-16(24-19(29)31-21(4,5)6)17(27)23-15(18(28)25-22)11-13-7-9-14(26)10-8-13/h7-10,15-16,26H,11-12,22H2,1-6H3,(H,23,27)(H,24,29)(H,25,28)/t15-,16-/m0/s1. The number of carbonyl (C=O) groups excluding carboxylic acids is 3. The van der Waals surface area contributed by atoms with Gasteiger partial charge in [0.05, 0.1) is 12.2 Å². The highest BCUT2D eigenvalue weighted by atomic mass is 16.6. The molecule has 10 heteroatoms. The van der Waals surface area contributed by atoms with Gasteiger partial charge in [0.2, 0.25) is 5.91 Å². The number of hydrazine groups is 1. The van der Waals surface area contributed by atoms with Crippen LogP contribution >= 0.6 is 0 Å². The van der Waals surface area contributed by atoms with Crippen molar-refractivity contribution >= 4 is 17.9 Å². The van der Waals surface area contributed by atoms with Crippen LogP contribution in [0.2, 0.25) is 0 Å². The Balaban J connectivity index is 2.97. The highest BCUT2D eigenvalue weighted by Gasteiger charge is 2.29. The molecule has 1 aromatic carbocycles. The first kappa shape index (κ1) is 26.2. The smallest absolute Gasteiger partial charge is 0.408 e. The Morgan fingerprint density at radius 3 is 2.00 bits per heavy atom. The van der Waals surface area contributed by atoms with Gasteiger partial charge in [0.1, 0.15) is 23.4 Å². The Kier molecular flexibility index (Phi) is 9.26. The van der Waals surface area contributed by atoms with E-state index in [2.05, 4.69) is 10.6 Å². The zero-order valence-corrected chi connectivity index (χ0v) is 18.9. The quantitative estimate of drug-likeness (QED) is 0.232. The number of phenolic OH excluding ortho intramolecular Hbond substituents is 1. The molecule has 2 atom stereocenters. The van der Waals surface area contributed by atoms with Gasteiger partial charge in [-0.2, -0.15) is 0 Å². The molecule has 0 aliphatic carbocycles. The topological polar surface area (TPSA) is 152 Å². The largest absolute Gasteiger partial charge is 0.508 e. The monoisotopic (exact) mass is 438 g/mol. The minimum Gasteiger partial charge on any atom is -0.508 e. The molecule has 0 aliphatic rings. The summed E-state index contributed by atoms with van der Waals surface area (Å²) < 4.78 is 10.9. The van der Waals surface area contributed by atoms with Crippen LogP contribution in [-0.2, 0) is 25.5 Å². The van der Waals surface area contributed by atoms with Gasteiger partial charge in [-0.05, 0) is 59.2 Å². The van der Waals surface area contributed by atoms with Gasteiger partial charge in [-0.1, -0.05) is 12.1 Å². The zero-order valence-electron chi connectivity index (χ0n) is 18.9. The molecule has 0 saturated heterocycles. The number of ether oxygens (including phenoxy) is 2. The fourth-order valence-corrected chi connectivity index (χ4v) is 2.42. The van der Waals surface area contributed by atoms with Crippen molar-refractivity contribution in [3.8, 4) is 5.75 Å². The predicted octanol–water partition coefficient (Wildman–Crippen LogP) is 1.12. The Morgan fingerprint density at radius 1 is 0.935 bits per heavy atom. The van der Waals surface area contributed by atoms with Crippen molar-refractivity contribution in [2.45, 2.75) is 71.2 Å². The van der Waals surface area contributed by atoms with Crippen LogP contribution in [0.15, 0.2) is 24.3 Å². The number of hydrogen-bond acceptors (Lipinski definition) is 7. The molecule has 31 heavy (non-hydrogen) atoms. The third kappa shape index (κ3) is 10.7. The number of carbonyl (C=O) groups is 3. The molecule has 3 amide bonds. The Morgan fingerprint density at radius 2 is 1.52 bits per heavy atom. The number of amides is 3. The zero-order chi connectivity index (χ0) is 23.8. The van der Waals surface area contributed by atoms with E-state index >= 15 is 0 Å². The summed E-state index contributed by atoms with van der Waals surface area (Å²) >= 11 is 0. The maximum atomic E-state index is 12.9. The highest BCUT2D eigenvalue weighted by molar-refractivity contribution is 5.91. The van der Waals surface area contributed by atoms with Crippen molar-refractivity contribution in [2.24, 2.45) is 5.84 Å². The lowest BCUT2D eigenvalue weighted by molar-refractivity contribution is -0.132. The van der Waals surface area contributed by atoms with Gasteiger partial charge in [-0.15, -0.1) is 0 Å². The van der Waals surface area contributed by atoms with E-state index in [0.29, 0.717) is 5.56 Å². The van der Waals surface area contributed by atoms with E-state index in [4.69, 9.17) is 15.3 Å². The summed E-state index contributed by atoms with van der Waals surface area (Å²) in [5, 5.41) is 14.5. The average molecular weight is 439 g/mol. The molecule has 6 N–H and O–H groups in total. The summed E-state index contributed by atoms with van der Waals surface area (Å²) in [4.78, 5) is 37.3. The second-order valence-corrected chi connectivity index (χ2v) is 9.06. The van der Waals surface area contributed by atoms with Crippen LogP contribution in [0.5, 0.6) is 5.75 Å². The van der Waals surface area contributed by atoms with Crippen LogP contribution in [0.1, 0.15) is 47.1 Å². The molecule has 0 bridgehead atoms. The molecule has 10 nitrogen and oxygen atoms in total. The van der Waals surface area contributed by atoms with Crippen LogP contribution in [-0.4, -0.2) is 52.9 Å². The molecule has 0 aliphatic heterocycles. The molecular weight excluding hydrogens is 404 g/mol. The van der Waals surface area contributed by atoms with Crippen LogP contribution < -0.4 is 21.9 Å². The summed E-state index contributed by atoms with van der Waals surface area (Å²) in [7, 11) is 0. The summed E-state index contributed by atoms with van der Waals surface area (Å²) in [5.41, 5.74) is 1.40. The average Bonchev–Trinajstić information content (AvgIpc) is 2.63. The predicted molar refractivity (Wildman–Crippen MR) is 115 cm³/mol. The molecular formula is C21H34N4O6. The first-order valence-electron chi connectivity index (χ1n) is 9.92. The minimum absolute atomic E-state index is 0.0774. The van der Waals surface area contributed by atoms with Gasteiger partial charge in [0.25, 0.3) is 5.91 Å². The van der Waals surface area contributed by atoms with Gasteiger partial charge in [-0.3, -0.25) is 15.0 Å². The van der Waals surface area contributed by atoms with Crippen molar-refractivity contribution in [1.29, 1.82) is 0 Å². The second kappa shape index (κ2) is 11.0. The van der Waals surface area contributed by atoms with E-state index in [0.717, 1.165) is 0 Å². The van der Waals surface area contributed by atoms with Crippen molar-refractivity contribution in [3.63, 3.8) is 0 Å². The van der Waals surface area contributed by atoms with Crippen LogP contribution in [0.3, 0.4) is 0 Å². The molecule has 0 spiro atoms. The number of alkyl carbamates (subject to hydrolysis) is 1. The Bertz CT molecular complexity index is 753. The van der Waals surface area contributed by atoms with Gasteiger partial charge < -0.3 is 25.2 Å². The molecule has 0 heterocycles. The molecule has 0 aromatic heterocycles. The summed E-state index contributed by atoms with van der Waals surface area (Å²) in [6, 6.07) is 4.06. The number of nitrogens with two attached hydrogens (primary N) is 1. The van der Waals surface area contributed by atoms with E-state index in [1.807, 2.05) is 26.2 Å². The maximum absolute atomic E-state index is 12.9. The minimum atomic E-state index is -1.11. The van der Waals surface area contributed by atoms with Gasteiger partial charge in [-0.25, -0.2) is 10.6 Å². The fourth-order valence-electron chi connectivity index (χ4n) is 2.42. The van der Waals surface area contributed by atoms with Crippen LogP contribution in [0.25, 0.3) is 0 Å². The first-order valence-corrected chi connectivity index (χ1v) is 9.92. The lowest BCUT2D eigenvalue weighted by Gasteiger charge is -2.27. The van der Waals surface area contributed by atoms with Gasteiger partial charge in [0, 0.05) is 6.42 Å². The Hall–Kier alpha value is -2.85.